The van der Waals surface area contributed by atoms with Crippen LogP contribution in [0.5, 0.6) is 0 Å². The van der Waals surface area contributed by atoms with E-state index in [4.69, 9.17) is 10.2 Å². The van der Waals surface area contributed by atoms with Gasteiger partial charge in [-0.3, -0.25) is 14.4 Å². The highest BCUT2D eigenvalue weighted by Gasteiger charge is 2.46. The van der Waals surface area contributed by atoms with E-state index in [1.54, 1.807) is 27.7 Å². The van der Waals surface area contributed by atoms with E-state index in [0.717, 1.165) is 6.08 Å². The number of amides is 1. The van der Waals surface area contributed by atoms with Crippen LogP contribution in [-0.4, -0.2) is 50.6 Å². The Morgan fingerprint density at radius 2 is 1.89 bits per heavy atom. The van der Waals surface area contributed by atoms with Gasteiger partial charge in [0.15, 0.2) is 5.78 Å². The van der Waals surface area contributed by atoms with Crippen molar-refractivity contribution in [3.05, 3.63) is 35.5 Å². The van der Waals surface area contributed by atoms with Crippen molar-refractivity contribution < 1.29 is 34.5 Å². The van der Waals surface area contributed by atoms with Crippen LogP contribution in [0, 0.1) is 5.41 Å². The lowest BCUT2D eigenvalue weighted by Gasteiger charge is -2.44. The molecule has 0 spiro atoms. The Kier molecular flexibility index (Phi) is 7.46. The van der Waals surface area contributed by atoms with Gasteiger partial charge in [0.25, 0.3) is 0 Å². The summed E-state index contributed by atoms with van der Waals surface area (Å²) < 4.78 is 0. The van der Waals surface area contributed by atoms with Gasteiger partial charge in [-0.2, -0.15) is 0 Å². The summed E-state index contributed by atoms with van der Waals surface area (Å²) in [7, 11) is 0. The summed E-state index contributed by atoms with van der Waals surface area (Å²) in [5.74, 6) is -3.22. The van der Waals surface area contributed by atoms with E-state index in [2.05, 4.69) is 5.32 Å². The predicted molar refractivity (Wildman–Crippen MR) is 101 cm³/mol. The van der Waals surface area contributed by atoms with Crippen LogP contribution in [0.25, 0.3) is 0 Å². The normalized spacial score (nSPS) is 23.2. The third-order valence-electron chi connectivity index (χ3n) is 4.83. The zero-order valence-corrected chi connectivity index (χ0v) is 16.5. The molecule has 2 atom stereocenters. The van der Waals surface area contributed by atoms with Crippen molar-refractivity contribution in [1.82, 2.24) is 5.32 Å². The Bertz CT molecular complexity index is 761. The highest BCUT2D eigenvalue weighted by atomic mass is 16.4. The number of aliphatic hydroxyl groups is 1. The van der Waals surface area contributed by atoms with E-state index in [9.17, 15) is 24.3 Å². The lowest BCUT2D eigenvalue weighted by Crippen LogP contribution is -2.48. The number of rotatable bonds is 8. The third-order valence-corrected chi connectivity index (χ3v) is 4.83. The molecule has 4 N–H and O–H groups in total. The van der Waals surface area contributed by atoms with E-state index in [0.29, 0.717) is 11.1 Å². The first-order chi connectivity index (χ1) is 12.8. The molecule has 154 valence electrons. The Balaban J connectivity index is 2.91. The van der Waals surface area contributed by atoms with Crippen molar-refractivity contribution in [2.45, 2.75) is 58.6 Å². The van der Waals surface area contributed by atoms with Crippen LogP contribution < -0.4 is 5.32 Å². The van der Waals surface area contributed by atoms with Gasteiger partial charge in [0.2, 0.25) is 5.91 Å². The number of hydrogen-bond donors (Lipinski definition) is 4. The van der Waals surface area contributed by atoms with Crippen molar-refractivity contribution in [1.29, 1.82) is 0 Å². The van der Waals surface area contributed by atoms with Gasteiger partial charge in [-0.1, -0.05) is 19.9 Å². The van der Waals surface area contributed by atoms with Crippen LogP contribution in [0.4, 0.5) is 0 Å². The standard InChI is InChI=1S/C20H27NO7/c1-12(9-16(23)21-15(18(26)27)5-6-17(24)25)7-8-20(28)13(2)10-14(22)11-19(20,3)4/h7-10,15,28H,5-6,11H2,1-4H3,(H,21,23)(H,24,25)(H,26,27)/b8-7+,12-9-/t15-,20+/m0/s1. The second kappa shape index (κ2) is 8.97. The van der Waals surface area contributed by atoms with Crippen LogP contribution >= 0.6 is 0 Å². The summed E-state index contributed by atoms with van der Waals surface area (Å²) in [6.45, 7) is 6.82. The maximum absolute atomic E-state index is 12.0. The van der Waals surface area contributed by atoms with E-state index < -0.39 is 34.9 Å². The monoisotopic (exact) mass is 393 g/mol. The van der Waals surface area contributed by atoms with Gasteiger partial charge >= 0.3 is 11.9 Å². The molecule has 0 aromatic heterocycles. The van der Waals surface area contributed by atoms with Crippen molar-refractivity contribution >= 4 is 23.6 Å². The van der Waals surface area contributed by atoms with Crippen molar-refractivity contribution in [3.8, 4) is 0 Å². The van der Waals surface area contributed by atoms with Gasteiger partial charge in [-0.15, -0.1) is 0 Å². The zero-order chi connectivity index (χ0) is 21.7. The number of hydrogen-bond acceptors (Lipinski definition) is 5. The average Bonchev–Trinajstić information content (AvgIpc) is 2.53. The molecule has 0 aromatic rings. The molecule has 0 saturated heterocycles. The minimum atomic E-state index is -1.36. The summed E-state index contributed by atoms with van der Waals surface area (Å²) in [4.78, 5) is 45.5. The van der Waals surface area contributed by atoms with Crippen molar-refractivity contribution in [2.75, 3.05) is 0 Å². The molecule has 8 nitrogen and oxygen atoms in total. The van der Waals surface area contributed by atoms with Gasteiger partial charge in [0.1, 0.15) is 11.6 Å². The fraction of sp³-hybridized carbons (Fsp3) is 0.500. The molecule has 0 saturated carbocycles. The molecular formula is C20H27NO7. The van der Waals surface area contributed by atoms with Crippen LogP contribution in [0.2, 0.25) is 0 Å². The maximum atomic E-state index is 12.0. The number of allylic oxidation sites excluding steroid dienone is 3. The van der Waals surface area contributed by atoms with Crippen LogP contribution in [-0.2, 0) is 19.2 Å². The van der Waals surface area contributed by atoms with Crippen molar-refractivity contribution in [3.63, 3.8) is 0 Å². The number of nitrogens with one attached hydrogen (secondary N) is 1. The second-order valence-electron chi connectivity index (χ2n) is 7.67. The first-order valence-electron chi connectivity index (χ1n) is 8.85. The summed E-state index contributed by atoms with van der Waals surface area (Å²) in [5.41, 5.74) is -1.14. The summed E-state index contributed by atoms with van der Waals surface area (Å²) >= 11 is 0. The fourth-order valence-corrected chi connectivity index (χ4v) is 3.11. The molecule has 0 bridgehead atoms. The zero-order valence-electron chi connectivity index (χ0n) is 16.5. The molecule has 1 aliphatic carbocycles. The molecular weight excluding hydrogens is 366 g/mol. The first-order valence-corrected chi connectivity index (χ1v) is 8.85. The maximum Gasteiger partial charge on any atom is 0.326 e. The number of carboxylic acids is 2. The van der Waals surface area contributed by atoms with Gasteiger partial charge < -0.3 is 20.6 Å². The van der Waals surface area contributed by atoms with E-state index in [1.165, 1.54) is 18.2 Å². The number of aliphatic carboxylic acids is 2. The molecule has 1 amide bonds. The Labute approximate surface area is 163 Å². The molecule has 28 heavy (non-hydrogen) atoms. The minimum Gasteiger partial charge on any atom is -0.481 e. The molecule has 0 unspecified atom stereocenters. The predicted octanol–water partition coefficient (Wildman–Crippen LogP) is 1.60. The van der Waals surface area contributed by atoms with E-state index in [1.807, 2.05) is 0 Å². The largest absolute Gasteiger partial charge is 0.481 e. The fourth-order valence-electron chi connectivity index (χ4n) is 3.11. The minimum absolute atomic E-state index is 0.0618. The Hall–Kier alpha value is -2.74. The Morgan fingerprint density at radius 3 is 2.39 bits per heavy atom. The van der Waals surface area contributed by atoms with E-state index in [-0.39, 0.29) is 25.0 Å². The average molecular weight is 393 g/mol. The third kappa shape index (κ3) is 5.88. The first kappa shape index (κ1) is 23.3. The molecule has 0 aromatic carbocycles. The summed E-state index contributed by atoms with van der Waals surface area (Å²) in [6, 6.07) is -1.31. The molecule has 0 fully saturated rings. The molecule has 0 heterocycles. The van der Waals surface area contributed by atoms with Gasteiger partial charge in [0, 0.05) is 24.3 Å². The van der Waals surface area contributed by atoms with Crippen LogP contribution in [0.15, 0.2) is 35.5 Å². The van der Waals surface area contributed by atoms with E-state index >= 15 is 0 Å². The number of carbonyl (C=O) groups excluding carboxylic acids is 2. The lowest BCUT2D eigenvalue weighted by molar-refractivity contribution is -0.142. The number of carbonyl (C=O) groups is 4. The topological polar surface area (TPSA) is 141 Å². The SMILES string of the molecule is CC1=CC(=O)CC(C)(C)[C@@]1(O)/C=C/C(C)=C\C(=O)N[C@@H](CCC(=O)O)C(=O)O. The van der Waals surface area contributed by atoms with Crippen molar-refractivity contribution in [2.24, 2.45) is 5.41 Å². The van der Waals surface area contributed by atoms with Gasteiger partial charge in [0.05, 0.1) is 0 Å². The summed E-state index contributed by atoms with van der Waals surface area (Å²) in [6.07, 6.45) is 5.18. The second-order valence-corrected chi connectivity index (χ2v) is 7.67. The molecule has 1 aliphatic rings. The highest BCUT2D eigenvalue weighted by Crippen LogP contribution is 2.44. The van der Waals surface area contributed by atoms with Crippen LogP contribution in [0.1, 0.15) is 47.0 Å². The molecule has 0 aliphatic heterocycles. The quantitative estimate of drug-likeness (QED) is 0.362. The highest BCUT2D eigenvalue weighted by molar-refractivity contribution is 5.93. The molecule has 1 rings (SSSR count). The Morgan fingerprint density at radius 1 is 1.29 bits per heavy atom. The van der Waals surface area contributed by atoms with Gasteiger partial charge in [-0.05, 0) is 43.6 Å². The summed E-state index contributed by atoms with van der Waals surface area (Å²) in [5, 5.41) is 31.0. The molecule has 0 radical (unpaired) electrons. The lowest BCUT2D eigenvalue weighted by atomic mass is 9.64. The number of ketones is 1. The molecule has 8 heteroatoms. The number of carboxylic acid groups (broad SMARTS) is 2. The smallest absolute Gasteiger partial charge is 0.326 e. The van der Waals surface area contributed by atoms with Gasteiger partial charge in [-0.25, -0.2) is 4.79 Å². The van der Waals surface area contributed by atoms with Crippen LogP contribution in [0.3, 0.4) is 0 Å².